The Bertz CT molecular complexity index is 4190. The van der Waals surface area contributed by atoms with Crippen molar-refractivity contribution in [3.05, 3.63) is 241 Å². The molecule has 0 atom stereocenters. The SMILES string of the molecule is Cc1cccc(N(c2ccc3ccc4c(N(c5cccc(C)c5)c5cccc6c5oc5c(-c7ccccc7C)cccc56)ccc5ccc2c3c54)c2cccc3c2oc2c(-c4ccccc4C)cccc23)c1. The van der Waals surface area contributed by atoms with E-state index in [1.54, 1.807) is 0 Å². The second kappa shape index (κ2) is 16.2. The van der Waals surface area contributed by atoms with Crippen molar-refractivity contribution in [3.8, 4) is 22.3 Å². The number of benzene rings is 12. The van der Waals surface area contributed by atoms with E-state index >= 15 is 0 Å². The summed E-state index contributed by atoms with van der Waals surface area (Å²) in [6.07, 6.45) is 0. The Morgan fingerprint density at radius 2 is 0.653 bits per heavy atom. The molecule has 0 spiro atoms. The summed E-state index contributed by atoms with van der Waals surface area (Å²) in [6.45, 7) is 8.67. The molecule has 4 nitrogen and oxygen atoms in total. The fourth-order valence-electron chi connectivity index (χ4n) is 11.6. The number of nitrogens with zero attached hydrogens (tertiary/aromatic N) is 2. The van der Waals surface area contributed by atoms with E-state index in [-0.39, 0.29) is 0 Å². The largest absolute Gasteiger partial charge is 0.453 e. The maximum absolute atomic E-state index is 7.17. The summed E-state index contributed by atoms with van der Waals surface area (Å²) in [4.78, 5) is 4.81. The molecule has 12 aromatic carbocycles. The maximum Gasteiger partial charge on any atom is 0.159 e. The van der Waals surface area contributed by atoms with Crippen LogP contribution in [0.1, 0.15) is 22.3 Å². The van der Waals surface area contributed by atoms with Crippen LogP contribution in [0.25, 0.3) is 98.4 Å². The van der Waals surface area contributed by atoms with Crippen molar-refractivity contribution in [2.75, 3.05) is 9.80 Å². The zero-order valence-corrected chi connectivity index (χ0v) is 40.5. The number of hydrogen-bond acceptors (Lipinski definition) is 4. The zero-order valence-electron chi connectivity index (χ0n) is 40.5. The molecule has 14 aromatic rings. The molecule has 72 heavy (non-hydrogen) atoms. The molecule has 0 aliphatic carbocycles. The molecule has 0 saturated heterocycles. The van der Waals surface area contributed by atoms with Crippen molar-refractivity contribution < 1.29 is 8.83 Å². The summed E-state index contributed by atoms with van der Waals surface area (Å²) in [5.74, 6) is 0. The minimum atomic E-state index is 0.850. The summed E-state index contributed by atoms with van der Waals surface area (Å²) in [6, 6.07) is 79.3. The Balaban J connectivity index is 1.01. The molecule has 4 heteroatoms. The smallest absolute Gasteiger partial charge is 0.159 e. The van der Waals surface area contributed by atoms with E-state index in [1.807, 2.05) is 0 Å². The van der Waals surface area contributed by atoms with Gasteiger partial charge in [0.25, 0.3) is 0 Å². The average molecular weight is 925 g/mol. The summed E-state index contributed by atoms with van der Waals surface area (Å²) >= 11 is 0. The molecule has 0 unspecified atom stereocenters. The monoisotopic (exact) mass is 924 g/mol. The molecule has 14 rings (SSSR count). The van der Waals surface area contributed by atoms with Crippen molar-refractivity contribution in [2.45, 2.75) is 27.7 Å². The predicted molar refractivity (Wildman–Crippen MR) is 304 cm³/mol. The van der Waals surface area contributed by atoms with Crippen LogP contribution >= 0.6 is 0 Å². The van der Waals surface area contributed by atoms with E-state index in [1.165, 1.54) is 54.9 Å². The number of furan rings is 2. The van der Waals surface area contributed by atoms with Gasteiger partial charge in [0.2, 0.25) is 0 Å². The fraction of sp³-hybridized carbons (Fsp3) is 0.0588. The topological polar surface area (TPSA) is 32.8 Å². The molecule has 0 fully saturated rings. The zero-order chi connectivity index (χ0) is 48.2. The second-order valence-electron chi connectivity index (χ2n) is 19.4. The van der Waals surface area contributed by atoms with Gasteiger partial charge in [-0.2, -0.15) is 0 Å². The van der Waals surface area contributed by atoms with Crippen molar-refractivity contribution >= 4 is 110 Å². The van der Waals surface area contributed by atoms with Gasteiger partial charge in [0, 0.05) is 54.8 Å². The number of aryl methyl sites for hydroxylation is 4. The first-order valence-electron chi connectivity index (χ1n) is 24.8. The van der Waals surface area contributed by atoms with Gasteiger partial charge in [0.05, 0.1) is 22.7 Å². The highest BCUT2D eigenvalue weighted by atomic mass is 16.3. The molecule has 2 aromatic heterocycles. The van der Waals surface area contributed by atoms with Gasteiger partial charge in [-0.15, -0.1) is 0 Å². The molecule has 342 valence electrons. The molecular formula is C68H48N2O2. The van der Waals surface area contributed by atoms with Gasteiger partial charge < -0.3 is 18.6 Å². The minimum Gasteiger partial charge on any atom is -0.453 e. The van der Waals surface area contributed by atoms with E-state index in [9.17, 15) is 0 Å². The van der Waals surface area contributed by atoms with Gasteiger partial charge in [-0.1, -0.05) is 170 Å². The van der Waals surface area contributed by atoms with E-state index in [2.05, 4.69) is 256 Å². The molecule has 0 bridgehead atoms. The quantitative estimate of drug-likeness (QED) is 0.142. The maximum atomic E-state index is 7.17. The molecule has 2 heterocycles. The Hall–Kier alpha value is -9.12. The second-order valence-corrected chi connectivity index (χ2v) is 19.4. The predicted octanol–water partition coefficient (Wildman–Crippen LogP) is 19.9. The van der Waals surface area contributed by atoms with Crippen LogP contribution in [-0.4, -0.2) is 0 Å². The number of para-hydroxylation sites is 4. The van der Waals surface area contributed by atoms with Crippen LogP contribution in [0.3, 0.4) is 0 Å². The Morgan fingerprint density at radius 1 is 0.278 bits per heavy atom. The van der Waals surface area contributed by atoms with E-state index in [0.717, 1.165) is 99.9 Å². The van der Waals surface area contributed by atoms with Crippen molar-refractivity contribution in [1.82, 2.24) is 0 Å². The lowest BCUT2D eigenvalue weighted by molar-refractivity contribution is 0.670. The van der Waals surface area contributed by atoms with Crippen LogP contribution < -0.4 is 9.80 Å². The molecule has 0 aliphatic heterocycles. The molecular weight excluding hydrogens is 877 g/mol. The van der Waals surface area contributed by atoms with Gasteiger partial charge in [0.1, 0.15) is 11.2 Å². The van der Waals surface area contributed by atoms with Crippen LogP contribution in [-0.2, 0) is 0 Å². The highest BCUT2D eigenvalue weighted by Crippen LogP contribution is 2.51. The van der Waals surface area contributed by atoms with Crippen molar-refractivity contribution in [2.24, 2.45) is 0 Å². The molecule has 0 amide bonds. The van der Waals surface area contributed by atoms with Gasteiger partial charge in [-0.3, -0.25) is 0 Å². The Labute approximate surface area is 417 Å². The van der Waals surface area contributed by atoms with Gasteiger partial charge >= 0.3 is 0 Å². The first-order chi connectivity index (χ1) is 35.4. The third kappa shape index (κ3) is 6.39. The van der Waals surface area contributed by atoms with Crippen molar-refractivity contribution in [1.29, 1.82) is 0 Å². The molecule has 0 saturated carbocycles. The summed E-state index contributed by atoms with van der Waals surface area (Å²) < 4.78 is 14.3. The third-order valence-corrected chi connectivity index (χ3v) is 15.0. The number of rotatable bonds is 8. The normalized spacial score (nSPS) is 11.9. The van der Waals surface area contributed by atoms with Crippen LogP contribution in [0.4, 0.5) is 34.1 Å². The first kappa shape index (κ1) is 41.8. The van der Waals surface area contributed by atoms with Crippen LogP contribution in [0, 0.1) is 27.7 Å². The average Bonchev–Trinajstić information content (AvgIpc) is 3.99. The first-order valence-corrected chi connectivity index (χ1v) is 24.8. The summed E-state index contributed by atoms with van der Waals surface area (Å²) in [7, 11) is 0. The molecule has 0 radical (unpaired) electrons. The highest BCUT2D eigenvalue weighted by Gasteiger charge is 2.27. The third-order valence-electron chi connectivity index (χ3n) is 15.0. The summed E-state index contributed by atoms with van der Waals surface area (Å²) in [5.41, 5.74) is 19.1. The van der Waals surface area contributed by atoms with Gasteiger partial charge in [0.15, 0.2) is 11.2 Å². The van der Waals surface area contributed by atoms with Gasteiger partial charge in [-0.05, 0) is 131 Å². The number of hydrogen-bond donors (Lipinski definition) is 0. The summed E-state index contributed by atoms with van der Waals surface area (Å²) in [5, 5.41) is 11.5. The lowest BCUT2D eigenvalue weighted by Crippen LogP contribution is -2.12. The van der Waals surface area contributed by atoms with E-state index < -0.39 is 0 Å². The minimum absolute atomic E-state index is 0.850. The van der Waals surface area contributed by atoms with E-state index in [0.29, 0.717) is 0 Å². The van der Waals surface area contributed by atoms with E-state index in [4.69, 9.17) is 8.83 Å². The van der Waals surface area contributed by atoms with Crippen LogP contribution in [0.5, 0.6) is 0 Å². The Morgan fingerprint density at radius 3 is 1.08 bits per heavy atom. The lowest BCUT2D eigenvalue weighted by atomic mass is 9.91. The van der Waals surface area contributed by atoms with Crippen LogP contribution in [0.15, 0.2) is 227 Å². The van der Waals surface area contributed by atoms with Crippen molar-refractivity contribution in [3.63, 3.8) is 0 Å². The van der Waals surface area contributed by atoms with Crippen LogP contribution in [0.2, 0.25) is 0 Å². The van der Waals surface area contributed by atoms with Gasteiger partial charge in [-0.25, -0.2) is 0 Å². The highest BCUT2D eigenvalue weighted by molar-refractivity contribution is 6.29. The molecule has 0 aliphatic rings. The standard InChI is InChI=1S/C68H48N2O2/c1-41-15-9-19-47(39-41)69(61-29-13-27-55-53-25-11-23-51(65(53)71-67(55)61)49-21-7-5-17-43(49)3)59-37-33-45-32-36-58-60(38-34-46-31-35-57(59)63(45)64(46)58)70(48-20-10-16-42(2)40-48)62-30-14-28-56-54-26-12-24-52(66(54)72-68(56)62)50-22-8-6-18-44(50)4/h5-40H,1-4H3. The Kier molecular flexibility index (Phi) is 9.43. The fourth-order valence-corrected chi connectivity index (χ4v) is 11.6. The number of anilines is 6. The molecule has 0 N–H and O–H groups in total. The lowest BCUT2D eigenvalue weighted by Gasteiger charge is -2.29. The number of fused-ring (bicyclic) bond motifs is 6.